The van der Waals surface area contributed by atoms with E-state index in [0.29, 0.717) is 25.4 Å². The molecule has 0 aromatic carbocycles. The van der Waals surface area contributed by atoms with E-state index in [1.54, 1.807) is 0 Å². The highest BCUT2D eigenvalue weighted by Gasteiger charge is 2.49. The fourth-order valence-electron chi connectivity index (χ4n) is 3.92. The molecule has 2 unspecified atom stereocenters. The van der Waals surface area contributed by atoms with E-state index in [0.717, 1.165) is 10.6 Å². The summed E-state index contributed by atoms with van der Waals surface area (Å²) in [6, 6.07) is 1.26. The molecule has 13 heteroatoms. The Hall–Kier alpha value is -1.14. The monoisotopic (exact) mass is 579 g/mol. The summed E-state index contributed by atoms with van der Waals surface area (Å²) in [4.78, 5) is 37.9. The number of nitrogens with one attached hydrogen (secondary N) is 1. The number of aromatic amines is 1. The minimum atomic E-state index is -1.70. The lowest BCUT2D eigenvalue weighted by Crippen LogP contribution is -2.39. The van der Waals surface area contributed by atoms with Crippen LogP contribution in [-0.2, 0) is 23.3 Å². The SMILES string of the molecule is CC[C@H]1O[C@@H](n2ccc(=O)[nH]c2=O)[C@@H](F)C1OP(OCCOCCSC(=O)C(C)(C)C)N(C(C)C)C(C)C. The second-order valence-electron chi connectivity index (χ2n) is 10.6. The number of rotatable bonds is 14. The Bertz CT molecular complexity index is 992. The standard InChI is InChI=1S/C25H43FN3O7PS/c1-9-18-21(20(26)22(35-18)28-11-10-19(30)27-24(28)32)36-37(29(16(2)3)17(4)5)34-13-12-33-14-15-38-23(31)25(6,7)8/h10-11,16-18,20-22H,9,12-15H2,1-8H3,(H,27,30,32)/t18-,20+,21?,22-,37?/m1/s1. The minimum Gasteiger partial charge on any atom is -0.378 e. The predicted molar refractivity (Wildman–Crippen MR) is 148 cm³/mol. The minimum absolute atomic E-state index is 0.0555. The summed E-state index contributed by atoms with van der Waals surface area (Å²) >= 11 is 1.25. The van der Waals surface area contributed by atoms with Crippen LogP contribution in [0.5, 0.6) is 0 Å². The Balaban J connectivity index is 2.06. The summed E-state index contributed by atoms with van der Waals surface area (Å²) in [6.07, 6.45) is -2.79. The maximum absolute atomic E-state index is 15.7. The number of ether oxygens (including phenoxy) is 2. The van der Waals surface area contributed by atoms with Gasteiger partial charge in [0.05, 0.1) is 25.9 Å². The van der Waals surface area contributed by atoms with Crippen LogP contribution in [0, 0.1) is 5.41 Å². The van der Waals surface area contributed by atoms with Crippen LogP contribution in [-0.4, -0.2) is 75.4 Å². The molecule has 1 aliphatic heterocycles. The van der Waals surface area contributed by atoms with Crippen molar-refractivity contribution in [2.75, 3.05) is 25.6 Å². The molecule has 0 spiro atoms. The number of thioether (sulfide) groups is 1. The number of nitrogens with zero attached hydrogens (tertiary/aromatic N) is 2. The van der Waals surface area contributed by atoms with Crippen LogP contribution in [0.25, 0.3) is 0 Å². The average Bonchev–Trinajstić information content (AvgIpc) is 3.12. The highest BCUT2D eigenvalue weighted by molar-refractivity contribution is 8.13. The number of carbonyl (C=O) groups excluding carboxylic acids is 1. The van der Waals surface area contributed by atoms with E-state index in [2.05, 4.69) is 4.98 Å². The van der Waals surface area contributed by atoms with E-state index in [-0.39, 0.29) is 23.8 Å². The van der Waals surface area contributed by atoms with Gasteiger partial charge in [-0.15, -0.1) is 0 Å². The van der Waals surface area contributed by atoms with Gasteiger partial charge in [0.25, 0.3) is 14.1 Å². The Labute approximate surface area is 229 Å². The van der Waals surface area contributed by atoms with Gasteiger partial charge < -0.3 is 18.5 Å². The average molecular weight is 580 g/mol. The first-order valence-electron chi connectivity index (χ1n) is 13.0. The van der Waals surface area contributed by atoms with E-state index in [1.807, 2.05) is 60.1 Å². The third-order valence-electron chi connectivity index (χ3n) is 5.76. The van der Waals surface area contributed by atoms with Crippen molar-refractivity contribution in [1.82, 2.24) is 14.2 Å². The molecule has 1 aliphatic rings. The lowest BCUT2D eigenvalue weighted by molar-refractivity contribution is -0.117. The number of alkyl halides is 1. The molecule has 1 saturated heterocycles. The Morgan fingerprint density at radius 3 is 2.42 bits per heavy atom. The van der Waals surface area contributed by atoms with Crippen molar-refractivity contribution < 1.29 is 27.7 Å². The van der Waals surface area contributed by atoms with Crippen LogP contribution < -0.4 is 11.2 Å². The van der Waals surface area contributed by atoms with E-state index in [9.17, 15) is 14.4 Å². The molecule has 0 amide bonds. The number of carbonyl (C=O) groups is 1. The number of hydrogen-bond acceptors (Lipinski definition) is 9. The van der Waals surface area contributed by atoms with Crippen molar-refractivity contribution >= 4 is 25.4 Å². The van der Waals surface area contributed by atoms with Crippen LogP contribution in [0.3, 0.4) is 0 Å². The molecule has 2 heterocycles. The third kappa shape index (κ3) is 9.21. The van der Waals surface area contributed by atoms with Gasteiger partial charge in [0.2, 0.25) is 0 Å². The van der Waals surface area contributed by atoms with Gasteiger partial charge >= 0.3 is 5.69 Å². The molecular formula is C25H43FN3O7PS. The van der Waals surface area contributed by atoms with Crippen molar-refractivity contribution in [2.24, 2.45) is 5.41 Å². The van der Waals surface area contributed by atoms with Gasteiger partial charge in [-0.1, -0.05) is 39.5 Å². The van der Waals surface area contributed by atoms with E-state index >= 15 is 4.39 Å². The quantitative estimate of drug-likeness (QED) is 0.255. The first kappa shape index (κ1) is 33.1. The number of aromatic nitrogens is 2. The highest BCUT2D eigenvalue weighted by Crippen LogP contribution is 2.50. The zero-order valence-corrected chi connectivity index (χ0v) is 25.4. The Morgan fingerprint density at radius 2 is 1.87 bits per heavy atom. The van der Waals surface area contributed by atoms with Gasteiger partial charge in [-0.25, -0.2) is 13.9 Å². The fourth-order valence-corrected chi connectivity index (χ4v) is 6.48. The summed E-state index contributed by atoms with van der Waals surface area (Å²) in [6.45, 7) is 16.5. The molecule has 0 aliphatic carbocycles. The molecule has 1 N–H and O–H groups in total. The molecule has 38 heavy (non-hydrogen) atoms. The van der Waals surface area contributed by atoms with Gasteiger partial charge in [0.1, 0.15) is 6.10 Å². The lowest BCUT2D eigenvalue weighted by atomic mass is 10.00. The number of H-pyrrole nitrogens is 1. The van der Waals surface area contributed by atoms with Crippen molar-refractivity contribution in [1.29, 1.82) is 0 Å². The summed E-state index contributed by atoms with van der Waals surface area (Å²) in [5.74, 6) is 0.554. The summed E-state index contributed by atoms with van der Waals surface area (Å²) < 4.78 is 42.8. The molecule has 1 aromatic heterocycles. The van der Waals surface area contributed by atoms with Crippen LogP contribution in [0.4, 0.5) is 4.39 Å². The zero-order chi connectivity index (χ0) is 28.6. The topological polar surface area (TPSA) is 112 Å². The second kappa shape index (κ2) is 15.0. The fraction of sp³-hybridized carbons (Fsp3) is 0.800. The van der Waals surface area contributed by atoms with Crippen LogP contribution in [0.15, 0.2) is 21.9 Å². The third-order valence-corrected chi connectivity index (χ3v) is 9.13. The van der Waals surface area contributed by atoms with Crippen molar-refractivity contribution in [2.45, 2.75) is 98.5 Å². The molecule has 0 saturated carbocycles. The summed E-state index contributed by atoms with van der Waals surface area (Å²) in [5.41, 5.74) is -1.70. The first-order valence-corrected chi connectivity index (χ1v) is 15.1. The lowest BCUT2D eigenvalue weighted by Gasteiger charge is -2.37. The molecule has 2 rings (SSSR count). The predicted octanol–water partition coefficient (Wildman–Crippen LogP) is 4.25. The molecule has 0 radical (unpaired) electrons. The largest absolute Gasteiger partial charge is 0.378 e. The molecule has 1 aromatic rings. The zero-order valence-electron chi connectivity index (χ0n) is 23.6. The summed E-state index contributed by atoms with van der Waals surface area (Å²) in [7, 11) is -1.70. The Kier molecular flexibility index (Phi) is 13.1. The summed E-state index contributed by atoms with van der Waals surface area (Å²) in [5, 5.41) is 0.117. The second-order valence-corrected chi connectivity index (χ2v) is 13.1. The molecule has 10 nitrogen and oxygen atoms in total. The van der Waals surface area contributed by atoms with Gasteiger partial charge in [-0.3, -0.25) is 19.1 Å². The van der Waals surface area contributed by atoms with Crippen molar-refractivity contribution in [3.8, 4) is 0 Å². The van der Waals surface area contributed by atoms with E-state index < -0.39 is 49.8 Å². The van der Waals surface area contributed by atoms with Gasteiger partial charge in [-0.05, 0) is 34.1 Å². The Morgan fingerprint density at radius 1 is 1.21 bits per heavy atom. The van der Waals surface area contributed by atoms with Crippen LogP contribution >= 0.6 is 20.3 Å². The highest BCUT2D eigenvalue weighted by atomic mass is 32.2. The maximum Gasteiger partial charge on any atom is 0.330 e. The maximum atomic E-state index is 15.7. The van der Waals surface area contributed by atoms with Gasteiger partial charge in [0.15, 0.2) is 17.5 Å². The van der Waals surface area contributed by atoms with Crippen molar-refractivity contribution in [3.05, 3.63) is 33.1 Å². The van der Waals surface area contributed by atoms with E-state index in [1.165, 1.54) is 18.0 Å². The number of hydrogen-bond donors (Lipinski definition) is 1. The first-order chi connectivity index (χ1) is 17.8. The van der Waals surface area contributed by atoms with Crippen molar-refractivity contribution in [3.63, 3.8) is 0 Å². The molecular weight excluding hydrogens is 536 g/mol. The molecule has 0 bridgehead atoms. The molecule has 5 atom stereocenters. The smallest absolute Gasteiger partial charge is 0.330 e. The number of halogens is 1. The normalized spacial score (nSPS) is 23.1. The van der Waals surface area contributed by atoms with Crippen LogP contribution in [0.2, 0.25) is 0 Å². The van der Waals surface area contributed by atoms with Gasteiger partial charge in [0, 0.05) is 35.5 Å². The molecule has 218 valence electrons. The molecule has 1 fully saturated rings. The van der Waals surface area contributed by atoms with Crippen LogP contribution in [0.1, 0.15) is 68.0 Å². The van der Waals surface area contributed by atoms with Gasteiger partial charge in [-0.2, -0.15) is 0 Å². The van der Waals surface area contributed by atoms with E-state index in [4.69, 9.17) is 18.5 Å².